The predicted octanol–water partition coefficient (Wildman–Crippen LogP) is 2.59. The summed E-state index contributed by atoms with van der Waals surface area (Å²) >= 11 is 0. The summed E-state index contributed by atoms with van der Waals surface area (Å²) < 4.78 is 26.2. The molecular formula is C13H16F2N2O3. The second-order valence-corrected chi connectivity index (χ2v) is 4.74. The van der Waals surface area contributed by atoms with Crippen LogP contribution in [-0.4, -0.2) is 23.1 Å². The predicted molar refractivity (Wildman–Crippen MR) is 69.4 cm³/mol. The van der Waals surface area contributed by atoms with Crippen LogP contribution in [0.2, 0.25) is 0 Å². The maximum Gasteiger partial charge on any atom is 0.326 e. The van der Waals surface area contributed by atoms with Crippen LogP contribution in [0.1, 0.15) is 20.3 Å². The second-order valence-electron chi connectivity index (χ2n) is 4.74. The summed E-state index contributed by atoms with van der Waals surface area (Å²) in [5.74, 6) is -2.65. The standard InChI is InChI=1S/C13H16F2N2O3/c1-7(2)5-11(12(18)19)17-13(20)16-10-6-8(14)3-4-9(10)15/h3-4,6-7,11H,5H2,1-2H3,(H,18,19)(H2,16,17,20)/t11-/m1/s1. The van der Waals surface area contributed by atoms with E-state index in [4.69, 9.17) is 5.11 Å². The lowest BCUT2D eigenvalue weighted by Gasteiger charge is -2.17. The topological polar surface area (TPSA) is 78.4 Å². The van der Waals surface area contributed by atoms with Gasteiger partial charge in [0.1, 0.15) is 17.7 Å². The summed E-state index contributed by atoms with van der Waals surface area (Å²) in [7, 11) is 0. The maximum absolute atomic E-state index is 13.3. The number of nitrogens with one attached hydrogen (secondary N) is 2. The third-order valence-electron chi connectivity index (χ3n) is 2.49. The molecule has 1 aromatic carbocycles. The molecule has 5 nitrogen and oxygen atoms in total. The van der Waals surface area contributed by atoms with E-state index in [1.807, 2.05) is 13.8 Å². The molecule has 0 aliphatic heterocycles. The summed E-state index contributed by atoms with van der Waals surface area (Å²) in [5.41, 5.74) is -0.351. The Labute approximate surface area is 115 Å². The van der Waals surface area contributed by atoms with Crippen LogP contribution in [0.4, 0.5) is 19.3 Å². The van der Waals surface area contributed by atoms with Crippen molar-refractivity contribution in [3.05, 3.63) is 29.8 Å². The molecule has 2 amide bonds. The minimum atomic E-state index is -1.19. The summed E-state index contributed by atoms with van der Waals surface area (Å²) in [5, 5.41) is 13.2. The van der Waals surface area contributed by atoms with Crippen molar-refractivity contribution in [1.29, 1.82) is 0 Å². The van der Waals surface area contributed by atoms with E-state index in [0.717, 1.165) is 18.2 Å². The molecule has 110 valence electrons. The Morgan fingerprint density at radius 3 is 2.50 bits per heavy atom. The smallest absolute Gasteiger partial charge is 0.326 e. The van der Waals surface area contributed by atoms with Crippen molar-refractivity contribution < 1.29 is 23.5 Å². The summed E-state index contributed by atoms with van der Waals surface area (Å²) in [6, 6.07) is 0.604. The number of carbonyl (C=O) groups is 2. The lowest BCUT2D eigenvalue weighted by molar-refractivity contribution is -0.139. The fourth-order valence-electron chi connectivity index (χ4n) is 1.60. The normalized spacial score (nSPS) is 12.1. The number of rotatable bonds is 5. The highest BCUT2D eigenvalue weighted by atomic mass is 19.1. The number of urea groups is 1. The molecule has 0 bridgehead atoms. The molecule has 1 atom stereocenters. The van der Waals surface area contributed by atoms with Gasteiger partial charge in [0.15, 0.2) is 0 Å². The molecular weight excluding hydrogens is 270 g/mol. The molecule has 20 heavy (non-hydrogen) atoms. The fraction of sp³-hybridized carbons (Fsp3) is 0.385. The van der Waals surface area contributed by atoms with Gasteiger partial charge in [0.25, 0.3) is 0 Å². The first kappa shape index (κ1) is 15.9. The van der Waals surface area contributed by atoms with E-state index in [2.05, 4.69) is 10.6 Å². The van der Waals surface area contributed by atoms with Crippen molar-refractivity contribution in [2.75, 3.05) is 5.32 Å². The number of aliphatic carboxylic acids is 1. The van der Waals surface area contributed by atoms with Crippen molar-refractivity contribution in [2.45, 2.75) is 26.3 Å². The van der Waals surface area contributed by atoms with E-state index < -0.39 is 29.7 Å². The Balaban J connectivity index is 2.70. The van der Waals surface area contributed by atoms with Gasteiger partial charge < -0.3 is 15.7 Å². The molecule has 0 aliphatic carbocycles. The van der Waals surface area contributed by atoms with Gasteiger partial charge in [-0.2, -0.15) is 0 Å². The Kier molecular flexibility index (Phi) is 5.42. The van der Waals surface area contributed by atoms with E-state index >= 15 is 0 Å². The Morgan fingerprint density at radius 2 is 1.95 bits per heavy atom. The molecule has 0 aliphatic rings. The summed E-state index contributed by atoms with van der Waals surface area (Å²) in [6.45, 7) is 3.61. The van der Waals surface area contributed by atoms with Gasteiger partial charge in [-0.15, -0.1) is 0 Å². The van der Waals surface area contributed by atoms with Gasteiger partial charge in [-0.3, -0.25) is 0 Å². The van der Waals surface area contributed by atoms with E-state index in [0.29, 0.717) is 0 Å². The Morgan fingerprint density at radius 1 is 1.30 bits per heavy atom. The molecule has 7 heteroatoms. The first-order chi connectivity index (χ1) is 9.29. The van der Waals surface area contributed by atoms with Gasteiger partial charge in [-0.25, -0.2) is 18.4 Å². The van der Waals surface area contributed by atoms with Crippen LogP contribution < -0.4 is 10.6 Å². The van der Waals surface area contributed by atoms with Gasteiger partial charge >= 0.3 is 12.0 Å². The highest BCUT2D eigenvalue weighted by molar-refractivity contribution is 5.92. The average Bonchev–Trinajstić information content (AvgIpc) is 2.32. The van der Waals surface area contributed by atoms with Gasteiger partial charge in [0, 0.05) is 6.07 Å². The first-order valence-electron chi connectivity index (χ1n) is 6.05. The van der Waals surface area contributed by atoms with Crippen molar-refractivity contribution in [1.82, 2.24) is 5.32 Å². The SMILES string of the molecule is CC(C)C[C@@H](NC(=O)Nc1cc(F)ccc1F)C(=O)O. The highest BCUT2D eigenvalue weighted by Gasteiger charge is 2.21. The van der Waals surface area contributed by atoms with E-state index in [1.165, 1.54) is 0 Å². The third kappa shape index (κ3) is 4.83. The number of carbonyl (C=O) groups excluding carboxylic acids is 1. The average molecular weight is 286 g/mol. The minimum absolute atomic E-state index is 0.0577. The van der Waals surface area contributed by atoms with Gasteiger partial charge in [-0.1, -0.05) is 13.8 Å². The molecule has 0 spiro atoms. The van der Waals surface area contributed by atoms with Crippen LogP contribution in [0.3, 0.4) is 0 Å². The largest absolute Gasteiger partial charge is 0.480 e. The van der Waals surface area contributed by atoms with Gasteiger partial charge in [0.05, 0.1) is 5.69 Å². The van der Waals surface area contributed by atoms with Crippen molar-refractivity contribution in [2.24, 2.45) is 5.92 Å². The molecule has 0 radical (unpaired) electrons. The highest BCUT2D eigenvalue weighted by Crippen LogP contribution is 2.15. The summed E-state index contributed by atoms with van der Waals surface area (Å²) in [6.07, 6.45) is 0.231. The van der Waals surface area contributed by atoms with Crippen LogP contribution in [0.15, 0.2) is 18.2 Å². The van der Waals surface area contributed by atoms with Crippen LogP contribution in [0.25, 0.3) is 0 Å². The van der Waals surface area contributed by atoms with Crippen molar-refractivity contribution in [3.8, 4) is 0 Å². The number of amides is 2. The summed E-state index contributed by atoms with van der Waals surface area (Å²) in [4.78, 5) is 22.6. The zero-order chi connectivity index (χ0) is 15.3. The minimum Gasteiger partial charge on any atom is -0.480 e. The molecule has 0 aromatic heterocycles. The molecule has 0 saturated heterocycles. The number of carboxylic acids is 1. The number of anilines is 1. The zero-order valence-electron chi connectivity index (χ0n) is 11.1. The monoisotopic (exact) mass is 286 g/mol. The van der Waals surface area contributed by atoms with Crippen LogP contribution in [0.5, 0.6) is 0 Å². The van der Waals surface area contributed by atoms with Crippen molar-refractivity contribution >= 4 is 17.7 Å². The van der Waals surface area contributed by atoms with Gasteiger partial charge in [-0.05, 0) is 24.5 Å². The number of halogens is 2. The van der Waals surface area contributed by atoms with Gasteiger partial charge in [0.2, 0.25) is 0 Å². The molecule has 3 N–H and O–H groups in total. The van der Waals surface area contributed by atoms with E-state index in [1.54, 1.807) is 0 Å². The number of benzene rings is 1. The number of hydrogen-bond acceptors (Lipinski definition) is 2. The second kappa shape index (κ2) is 6.83. The molecule has 0 saturated carbocycles. The Bertz CT molecular complexity index is 506. The molecule has 0 fully saturated rings. The fourth-order valence-corrected chi connectivity index (χ4v) is 1.60. The lowest BCUT2D eigenvalue weighted by atomic mass is 10.0. The lowest BCUT2D eigenvalue weighted by Crippen LogP contribution is -2.43. The molecule has 0 heterocycles. The van der Waals surface area contributed by atoms with Crippen LogP contribution in [0, 0.1) is 17.6 Å². The quantitative estimate of drug-likeness (QED) is 0.778. The van der Waals surface area contributed by atoms with Crippen molar-refractivity contribution in [3.63, 3.8) is 0 Å². The molecule has 1 rings (SSSR count). The number of hydrogen-bond donors (Lipinski definition) is 3. The Hall–Kier alpha value is -2.18. The maximum atomic E-state index is 13.3. The van der Waals surface area contributed by atoms with E-state index in [-0.39, 0.29) is 18.0 Å². The number of carboxylic acid groups (broad SMARTS) is 1. The molecule has 0 unspecified atom stereocenters. The zero-order valence-corrected chi connectivity index (χ0v) is 11.1. The van der Waals surface area contributed by atoms with E-state index in [9.17, 15) is 18.4 Å². The third-order valence-corrected chi connectivity index (χ3v) is 2.49. The van der Waals surface area contributed by atoms with Crippen LogP contribution in [-0.2, 0) is 4.79 Å². The molecule has 1 aromatic rings. The van der Waals surface area contributed by atoms with Crippen LogP contribution >= 0.6 is 0 Å². The first-order valence-corrected chi connectivity index (χ1v) is 6.05.